The summed E-state index contributed by atoms with van der Waals surface area (Å²) in [5, 5.41) is 0. The summed E-state index contributed by atoms with van der Waals surface area (Å²) in [4.78, 5) is 2.58. The van der Waals surface area contributed by atoms with Crippen molar-refractivity contribution in [2.45, 2.75) is 57.6 Å². The van der Waals surface area contributed by atoms with Crippen molar-refractivity contribution in [3.05, 3.63) is 29.8 Å². The lowest BCUT2D eigenvalue weighted by atomic mass is 9.85. The lowest BCUT2D eigenvalue weighted by Gasteiger charge is -2.43. The second-order valence-electron chi connectivity index (χ2n) is 5.97. The minimum atomic E-state index is 0.127. The molecule has 2 aliphatic rings. The van der Waals surface area contributed by atoms with E-state index in [0.717, 1.165) is 18.8 Å². The third-order valence-electron chi connectivity index (χ3n) is 4.94. The second-order valence-corrected chi connectivity index (χ2v) is 5.97. The van der Waals surface area contributed by atoms with Crippen molar-refractivity contribution in [3.63, 3.8) is 0 Å². The number of benzene rings is 1. The van der Waals surface area contributed by atoms with Crippen LogP contribution in [-0.2, 0) is 0 Å². The highest BCUT2D eigenvalue weighted by Gasteiger charge is 2.44. The average molecular weight is 259 g/mol. The first-order chi connectivity index (χ1) is 9.28. The molecule has 0 radical (unpaired) electrons. The van der Waals surface area contributed by atoms with E-state index in [0.29, 0.717) is 6.04 Å². The molecule has 0 N–H and O–H groups in total. The molecule has 1 fully saturated rings. The molecule has 2 heteroatoms. The summed E-state index contributed by atoms with van der Waals surface area (Å²) in [7, 11) is 0. The van der Waals surface area contributed by atoms with Crippen molar-refractivity contribution in [2.24, 2.45) is 0 Å². The van der Waals surface area contributed by atoms with Gasteiger partial charge < -0.3 is 4.74 Å². The van der Waals surface area contributed by atoms with Crippen LogP contribution in [0.15, 0.2) is 24.3 Å². The number of hydrogen-bond acceptors (Lipinski definition) is 2. The summed E-state index contributed by atoms with van der Waals surface area (Å²) in [5.41, 5.74) is 1.52. The van der Waals surface area contributed by atoms with Crippen molar-refractivity contribution < 1.29 is 4.74 Å². The lowest BCUT2D eigenvalue weighted by Crippen LogP contribution is -2.43. The topological polar surface area (TPSA) is 12.5 Å². The van der Waals surface area contributed by atoms with Gasteiger partial charge in [-0.15, -0.1) is 0 Å². The summed E-state index contributed by atoms with van der Waals surface area (Å²) in [6.45, 7) is 6.77. The van der Waals surface area contributed by atoms with E-state index in [4.69, 9.17) is 4.74 Å². The molecule has 1 aromatic carbocycles. The van der Waals surface area contributed by atoms with Crippen LogP contribution < -0.4 is 4.74 Å². The zero-order valence-electron chi connectivity index (χ0n) is 12.2. The molecule has 1 unspecified atom stereocenters. The Balaban J connectivity index is 1.97. The van der Waals surface area contributed by atoms with Crippen molar-refractivity contribution >= 4 is 0 Å². The maximum atomic E-state index is 6.42. The predicted octanol–water partition coefficient (Wildman–Crippen LogP) is 4.16. The van der Waals surface area contributed by atoms with Gasteiger partial charge in [-0.2, -0.15) is 0 Å². The zero-order valence-corrected chi connectivity index (χ0v) is 12.2. The Labute approximate surface area is 116 Å². The molecule has 2 nitrogen and oxygen atoms in total. The molecule has 0 aromatic heterocycles. The molecule has 1 aromatic rings. The highest BCUT2D eigenvalue weighted by molar-refractivity contribution is 5.39. The maximum Gasteiger partial charge on any atom is 0.124 e. The molecule has 1 aliphatic heterocycles. The normalized spacial score (nSPS) is 24.5. The molecule has 1 heterocycles. The number of nitrogens with zero attached hydrogens (tertiary/aromatic N) is 1. The van der Waals surface area contributed by atoms with Gasteiger partial charge in [0.05, 0.1) is 0 Å². The van der Waals surface area contributed by atoms with E-state index in [1.807, 2.05) is 0 Å². The summed E-state index contributed by atoms with van der Waals surface area (Å²) in [5.74, 6) is 1.13. The van der Waals surface area contributed by atoms with Crippen LogP contribution in [0.25, 0.3) is 0 Å². The minimum Gasteiger partial charge on any atom is -0.487 e. The van der Waals surface area contributed by atoms with E-state index >= 15 is 0 Å². The van der Waals surface area contributed by atoms with Crippen LogP contribution in [0.3, 0.4) is 0 Å². The van der Waals surface area contributed by atoms with Gasteiger partial charge in [0.25, 0.3) is 0 Å². The molecule has 1 saturated carbocycles. The molecule has 0 amide bonds. The smallest absolute Gasteiger partial charge is 0.124 e. The minimum absolute atomic E-state index is 0.127. The van der Waals surface area contributed by atoms with Gasteiger partial charge in [0.15, 0.2) is 0 Å². The summed E-state index contributed by atoms with van der Waals surface area (Å²) in [6, 6.07) is 9.20. The van der Waals surface area contributed by atoms with Gasteiger partial charge >= 0.3 is 0 Å². The Morgan fingerprint density at radius 2 is 1.84 bits per heavy atom. The Morgan fingerprint density at radius 1 is 1.16 bits per heavy atom. The fourth-order valence-corrected chi connectivity index (χ4v) is 3.90. The van der Waals surface area contributed by atoms with Gasteiger partial charge in [0.2, 0.25) is 0 Å². The number of para-hydroxylation sites is 1. The maximum absolute atomic E-state index is 6.42. The number of fused-ring (bicyclic) bond motifs is 1. The number of ether oxygens (including phenoxy) is 1. The fourth-order valence-electron chi connectivity index (χ4n) is 3.90. The molecule has 0 saturated heterocycles. The summed E-state index contributed by atoms with van der Waals surface area (Å²) < 4.78 is 6.42. The van der Waals surface area contributed by atoms with Gasteiger partial charge in [-0.25, -0.2) is 0 Å². The van der Waals surface area contributed by atoms with Crippen LogP contribution in [-0.4, -0.2) is 23.6 Å². The molecule has 0 bridgehead atoms. The van der Waals surface area contributed by atoms with Gasteiger partial charge in [0.1, 0.15) is 11.4 Å². The summed E-state index contributed by atoms with van der Waals surface area (Å²) in [6.07, 6.45) is 6.30. The first-order valence-corrected chi connectivity index (χ1v) is 7.80. The van der Waals surface area contributed by atoms with Gasteiger partial charge in [-0.3, -0.25) is 4.90 Å². The molecule has 19 heavy (non-hydrogen) atoms. The van der Waals surface area contributed by atoms with Crippen LogP contribution in [0.4, 0.5) is 0 Å². The third-order valence-corrected chi connectivity index (χ3v) is 4.94. The zero-order chi connectivity index (χ0) is 13.3. The SMILES string of the molecule is CCN(CC)C1CC2(CCCC2)Oc2ccccc21. The standard InChI is InChI=1S/C17H25NO/c1-3-18(4-2)15-13-17(11-7-8-12-17)19-16-10-6-5-9-14(15)16/h5-6,9-10,15H,3-4,7-8,11-13H2,1-2H3. The molecule has 104 valence electrons. The van der Waals surface area contributed by atoms with Crippen molar-refractivity contribution in [1.29, 1.82) is 0 Å². The van der Waals surface area contributed by atoms with Crippen molar-refractivity contribution in [3.8, 4) is 5.75 Å². The van der Waals surface area contributed by atoms with Crippen LogP contribution >= 0.6 is 0 Å². The van der Waals surface area contributed by atoms with Gasteiger partial charge in [-0.1, -0.05) is 32.0 Å². The average Bonchev–Trinajstić information content (AvgIpc) is 2.88. The molecule has 1 spiro atoms. The second kappa shape index (κ2) is 5.16. The Bertz CT molecular complexity index is 433. The van der Waals surface area contributed by atoms with E-state index < -0.39 is 0 Å². The Morgan fingerprint density at radius 3 is 2.53 bits per heavy atom. The van der Waals surface area contributed by atoms with Crippen LogP contribution in [0.1, 0.15) is 57.6 Å². The van der Waals surface area contributed by atoms with Crippen molar-refractivity contribution in [2.75, 3.05) is 13.1 Å². The quantitative estimate of drug-likeness (QED) is 0.808. The van der Waals surface area contributed by atoms with E-state index in [1.54, 1.807) is 0 Å². The fraction of sp³-hybridized carbons (Fsp3) is 0.647. The molecule has 1 aliphatic carbocycles. The molecular formula is C17H25NO. The third kappa shape index (κ3) is 2.27. The molecular weight excluding hydrogens is 234 g/mol. The predicted molar refractivity (Wildman–Crippen MR) is 78.5 cm³/mol. The largest absolute Gasteiger partial charge is 0.487 e. The van der Waals surface area contributed by atoms with E-state index in [-0.39, 0.29) is 5.60 Å². The highest BCUT2D eigenvalue weighted by atomic mass is 16.5. The lowest BCUT2D eigenvalue weighted by molar-refractivity contribution is 0.00925. The molecule has 3 rings (SSSR count). The van der Waals surface area contributed by atoms with E-state index in [9.17, 15) is 0 Å². The number of hydrogen-bond donors (Lipinski definition) is 0. The van der Waals surface area contributed by atoms with Crippen LogP contribution in [0, 0.1) is 0 Å². The van der Waals surface area contributed by atoms with E-state index in [2.05, 4.69) is 43.0 Å². The van der Waals surface area contributed by atoms with E-state index in [1.165, 1.54) is 37.7 Å². The first-order valence-electron chi connectivity index (χ1n) is 7.80. The Hall–Kier alpha value is -1.02. The summed E-state index contributed by atoms with van der Waals surface area (Å²) >= 11 is 0. The van der Waals surface area contributed by atoms with Gasteiger partial charge in [-0.05, 0) is 44.8 Å². The highest BCUT2D eigenvalue weighted by Crippen LogP contribution is 2.48. The van der Waals surface area contributed by atoms with Crippen molar-refractivity contribution in [1.82, 2.24) is 4.90 Å². The Kier molecular flexibility index (Phi) is 3.53. The number of rotatable bonds is 3. The van der Waals surface area contributed by atoms with Crippen LogP contribution in [0.2, 0.25) is 0 Å². The molecule has 1 atom stereocenters. The van der Waals surface area contributed by atoms with Gasteiger partial charge in [0, 0.05) is 18.0 Å². The van der Waals surface area contributed by atoms with Crippen LogP contribution in [0.5, 0.6) is 5.75 Å². The first kappa shape index (κ1) is 13.0. The monoisotopic (exact) mass is 259 g/mol.